The Balaban J connectivity index is 2.70. The van der Waals surface area contributed by atoms with E-state index in [1.807, 2.05) is 6.92 Å². The molecule has 0 aliphatic heterocycles. The molecule has 0 amide bonds. The molecular weight excluding hydrogens is 276 g/mol. The van der Waals surface area contributed by atoms with Crippen LogP contribution in [0.3, 0.4) is 0 Å². The topological polar surface area (TPSA) is 93.1 Å². The quantitative estimate of drug-likeness (QED) is 0.584. The maximum absolute atomic E-state index is 10.9. The number of benzene rings is 1. The number of carboxylic acid groups (broad SMARTS) is 2. The zero-order chi connectivity index (χ0) is 15.7. The highest BCUT2D eigenvalue weighted by atomic mass is 16.5. The fraction of sp³-hybridized carbons (Fsp3) is 0.333. The van der Waals surface area contributed by atoms with Gasteiger partial charge in [-0.3, -0.25) is 0 Å². The molecule has 1 aromatic rings. The summed E-state index contributed by atoms with van der Waals surface area (Å²) in [6, 6.07) is 3.73. The summed E-state index contributed by atoms with van der Waals surface area (Å²) in [5.41, 5.74) is 0.0913. The van der Waals surface area contributed by atoms with Gasteiger partial charge >= 0.3 is 11.9 Å². The molecule has 0 radical (unpaired) electrons. The van der Waals surface area contributed by atoms with Crippen LogP contribution in [0.25, 0.3) is 0 Å². The predicted molar refractivity (Wildman–Crippen MR) is 74.6 cm³/mol. The first kappa shape index (κ1) is 16.7. The predicted octanol–water partition coefficient (Wildman–Crippen LogP) is 1.49. The SMILES string of the molecule is CCOCCOCC#Cc1cc(C(=O)O)cc(C(=O)O)c1. The number of hydrogen-bond donors (Lipinski definition) is 2. The summed E-state index contributed by atoms with van der Waals surface area (Å²) in [5, 5.41) is 17.9. The van der Waals surface area contributed by atoms with Gasteiger partial charge in [0.2, 0.25) is 0 Å². The third-order valence-electron chi connectivity index (χ3n) is 2.41. The second-order valence-corrected chi connectivity index (χ2v) is 3.96. The van der Waals surface area contributed by atoms with Gasteiger partial charge < -0.3 is 19.7 Å². The van der Waals surface area contributed by atoms with Gasteiger partial charge in [-0.15, -0.1) is 0 Å². The Morgan fingerprint density at radius 2 is 1.62 bits per heavy atom. The van der Waals surface area contributed by atoms with E-state index in [2.05, 4.69) is 11.8 Å². The fourth-order valence-electron chi connectivity index (χ4n) is 1.47. The van der Waals surface area contributed by atoms with E-state index in [9.17, 15) is 9.59 Å². The minimum atomic E-state index is -1.20. The van der Waals surface area contributed by atoms with Gasteiger partial charge in [0.1, 0.15) is 6.61 Å². The zero-order valence-electron chi connectivity index (χ0n) is 11.6. The first-order valence-electron chi connectivity index (χ1n) is 6.30. The van der Waals surface area contributed by atoms with E-state index in [0.29, 0.717) is 25.4 Å². The summed E-state index contributed by atoms with van der Waals surface area (Å²) in [5.74, 6) is 2.98. The summed E-state index contributed by atoms with van der Waals surface area (Å²) in [7, 11) is 0. The molecule has 112 valence electrons. The summed E-state index contributed by atoms with van der Waals surface area (Å²) in [6.07, 6.45) is 0. The van der Waals surface area contributed by atoms with Crippen molar-refractivity contribution in [3.8, 4) is 11.8 Å². The van der Waals surface area contributed by atoms with Crippen LogP contribution in [0.1, 0.15) is 33.2 Å². The lowest BCUT2D eigenvalue weighted by Crippen LogP contribution is -2.04. The molecule has 0 heterocycles. The number of rotatable bonds is 7. The molecule has 0 spiro atoms. The standard InChI is InChI=1S/C15H16O6/c1-2-20-6-7-21-5-3-4-11-8-12(14(16)17)10-13(9-11)15(18)19/h8-10H,2,5-7H2,1H3,(H,16,17)(H,18,19). The van der Waals surface area contributed by atoms with Crippen LogP contribution >= 0.6 is 0 Å². The molecular formula is C15H16O6. The zero-order valence-corrected chi connectivity index (χ0v) is 11.6. The molecule has 0 saturated heterocycles. The number of ether oxygens (including phenoxy) is 2. The van der Waals surface area contributed by atoms with Crippen LogP contribution in [-0.4, -0.2) is 48.6 Å². The lowest BCUT2D eigenvalue weighted by atomic mass is 10.1. The first-order chi connectivity index (χ1) is 10.0. The van der Waals surface area contributed by atoms with Gasteiger partial charge in [0.05, 0.1) is 24.3 Å². The van der Waals surface area contributed by atoms with E-state index >= 15 is 0 Å². The molecule has 0 fully saturated rings. The molecule has 0 saturated carbocycles. The molecule has 6 heteroatoms. The van der Waals surface area contributed by atoms with Crippen molar-refractivity contribution < 1.29 is 29.3 Å². The molecule has 0 aliphatic rings. The smallest absolute Gasteiger partial charge is 0.335 e. The Bertz CT molecular complexity index is 535. The van der Waals surface area contributed by atoms with Crippen LogP contribution in [0.5, 0.6) is 0 Å². The summed E-state index contributed by atoms with van der Waals surface area (Å²) < 4.78 is 10.3. The Morgan fingerprint density at radius 3 is 2.14 bits per heavy atom. The van der Waals surface area contributed by atoms with E-state index in [4.69, 9.17) is 19.7 Å². The lowest BCUT2D eigenvalue weighted by molar-refractivity contribution is 0.0662. The normalized spacial score (nSPS) is 9.76. The van der Waals surface area contributed by atoms with Crippen molar-refractivity contribution in [1.29, 1.82) is 0 Å². The number of hydrogen-bond acceptors (Lipinski definition) is 4. The summed E-state index contributed by atoms with van der Waals surface area (Å²) in [6.45, 7) is 3.56. The maximum atomic E-state index is 10.9. The second kappa shape index (κ2) is 8.74. The molecule has 0 aromatic heterocycles. The number of carboxylic acids is 2. The minimum Gasteiger partial charge on any atom is -0.478 e. The molecule has 6 nitrogen and oxygen atoms in total. The highest BCUT2D eigenvalue weighted by Crippen LogP contribution is 2.10. The van der Waals surface area contributed by atoms with E-state index in [0.717, 1.165) is 6.07 Å². The van der Waals surface area contributed by atoms with Crippen LogP contribution in [0.2, 0.25) is 0 Å². The van der Waals surface area contributed by atoms with E-state index in [1.54, 1.807) is 0 Å². The van der Waals surface area contributed by atoms with Gasteiger partial charge in [0.15, 0.2) is 0 Å². The molecule has 21 heavy (non-hydrogen) atoms. The largest absolute Gasteiger partial charge is 0.478 e. The van der Waals surface area contributed by atoms with Crippen molar-refractivity contribution >= 4 is 11.9 Å². The Labute approximate surface area is 122 Å². The average Bonchev–Trinajstić information content (AvgIpc) is 2.46. The summed E-state index contributed by atoms with van der Waals surface area (Å²) >= 11 is 0. The van der Waals surface area contributed by atoms with Gasteiger partial charge in [-0.2, -0.15) is 0 Å². The van der Waals surface area contributed by atoms with E-state index in [1.165, 1.54) is 12.1 Å². The Hall–Kier alpha value is -2.36. The Morgan fingerprint density at radius 1 is 1.05 bits per heavy atom. The highest BCUT2D eigenvalue weighted by Gasteiger charge is 2.10. The van der Waals surface area contributed by atoms with Crippen LogP contribution < -0.4 is 0 Å². The third kappa shape index (κ3) is 6.08. The molecule has 1 aromatic carbocycles. The molecule has 0 bridgehead atoms. The van der Waals surface area contributed by atoms with Crippen molar-refractivity contribution in [3.05, 3.63) is 34.9 Å². The maximum Gasteiger partial charge on any atom is 0.335 e. The third-order valence-corrected chi connectivity index (χ3v) is 2.41. The van der Waals surface area contributed by atoms with Gasteiger partial charge in [0, 0.05) is 12.2 Å². The van der Waals surface area contributed by atoms with Crippen molar-refractivity contribution in [3.63, 3.8) is 0 Å². The second-order valence-electron chi connectivity index (χ2n) is 3.96. The number of aromatic carboxylic acids is 2. The van der Waals surface area contributed by atoms with Crippen LogP contribution in [-0.2, 0) is 9.47 Å². The van der Waals surface area contributed by atoms with Crippen LogP contribution in [0.4, 0.5) is 0 Å². The van der Waals surface area contributed by atoms with Crippen LogP contribution in [0, 0.1) is 11.8 Å². The van der Waals surface area contributed by atoms with Gasteiger partial charge in [-0.25, -0.2) is 9.59 Å². The monoisotopic (exact) mass is 292 g/mol. The van der Waals surface area contributed by atoms with Crippen molar-refractivity contribution in [2.45, 2.75) is 6.92 Å². The van der Waals surface area contributed by atoms with Crippen LogP contribution in [0.15, 0.2) is 18.2 Å². The number of carbonyl (C=O) groups is 2. The van der Waals surface area contributed by atoms with E-state index in [-0.39, 0.29) is 17.7 Å². The van der Waals surface area contributed by atoms with Crippen molar-refractivity contribution in [1.82, 2.24) is 0 Å². The van der Waals surface area contributed by atoms with Crippen molar-refractivity contribution in [2.24, 2.45) is 0 Å². The Kier molecular flexibility index (Phi) is 6.95. The molecule has 0 atom stereocenters. The highest BCUT2D eigenvalue weighted by molar-refractivity contribution is 5.94. The molecule has 0 aliphatic carbocycles. The molecule has 1 rings (SSSR count). The van der Waals surface area contributed by atoms with Gasteiger partial charge in [-0.1, -0.05) is 11.8 Å². The minimum absolute atomic E-state index is 0.114. The van der Waals surface area contributed by atoms with Gasteiger partial charge in [-0.05, 0) is 25.1 Å². The van der Waals surface area contributed by atoms with Gasteiger partial charge in [0.25, 0.3) is 0 Å². The molecule has 0 unspecified atom stereocenters. The summed E-state index contributed by atoms with van der Waals surface area (Å²) in [4.78, 5) is 21.8. The van der Waals surface area contributed by atoms with E-state index < -0.39 is 11.9 Å². The fourth-order valence-corrected chi connectivity index (χ4v) is 1.47. The lowest BCUT2D eigenvalue weighted by Gasteiger charge is -2.01. The van der Waals surface area contributed by atoms with Crippen molar-refractivity contribution in [2.75, 3.05) is 26.4 Å². The average molecular weight is 292 g/mol. The molecule has 2 N–H and O–H groups in total. The first-order valence-corrected chi connectivity index (χ1v) is 6.30.